The van der Waals surface area contributed by atoms with Crippen LogP contribution >= 0.6 is 11.8 Å². The van der Waals surface area contributed by atoms with Crippen molar-refractivity contribution in [2.75, 3.05) is 12.3 Å². The molecule has 1 amide bonds. The van der Waals surface area contributed by atoms with E-state index in [1.807, 2.05) is 12.1 Å². The zero-order chi connectivity index (χ0) is 16.8. The van der Waals surface area contributed by atoms with Gasteiger partial charge in [0.05, 0.1) is 12.0 Å². The van der Waals surface area contributed by atoms with Crippen molar-refractivity contribution in [3.8, 4) is 11.3 Å². The van der Waals surface area contributed by atoms with Crippen molar-refractivity contribution in [3.05, 3.63) is 72.1 Å². The molecule has 1 N–H and O–H groups in total. The summed E-state index contributed by atoms with van der Waals surface area (Å²) in [4.78, 5) is 12.0. The van der Waals surface area contributed by atoms with Gasteiger partial charge in [-0.25, -0.2) is 4.39 Å². The van der Waals surface area contributed by atoms with E-state index in [0.717, 1.165) is 22.8 Å². The minimum Gasteiger partial charge on any atom is -0.468 e. The van der Waals surface area contributed by atoms with Crippen LogP contribution in [0.15, 0.2) is 63.6 Å². The highest BCUT2D eigenvalue weighted by molar-refractivity contribution is 7.98. The van der Waals surface area contributed by atoms with Crippen molar-refractivity contribution in [2.24, 2.45) is 0 Å². The smallest absolute Gasteiger partial charge is 0.287 e. The molecule has 0 aliphatic rings. The van der Waals surface area contributed by atoms with Gasteiger partial charge in [-0.05, 0) is 48.5 Å². The minimum absolute atomic E-state index is 0.241. The Balaban J connectivity index is 1.46. The lowest BCUT2D eigenvalue weighted by atomic mass is 10.2. The molecule has 0 saturated heterocycles. The molecule has 0 fully saturated rings. The molecule has 3 aromatic rings. The third-order valence-corrected chi connectivity index (χ3v) is 4.30. The summed E-state index contributed by atoms with van der Waals surface area (Å²) in [6, 6.07) is 13.0. The fraction of sp³-hybridized carbons (Fsp3) is 0.167. The molecule has 124 valence electrons. The van der Waals surface area contributed by atoms with Crippen LogP contribution in [0.3, 0.4) is 0 Å². The Hall–Kier alpha value is -2.47. The van der Waals surface area contributed by atoms with Gasteiger partial charge in [-0.1, -0.05) is 0 Å². The Morgan fingerprint density at radius 2 is 1.96 bits per heavy atom. The van der Waals surface area contributed by atoms with Gasteiger partial charge in [-0.15, -0.1) is 0 Å². The number of rotatable bonds is 7. The van der Waals surface area contributed by atoms with Gasteiger partial charge in [0.2, 0.25) is 0 Å². The predicted molar refractivity (Wildman–Crippen MR) is 91.3 cm³/mol. The first kappa shape index (κ1) is 16.4. The Labute approximate surface area is 143 Å². The van der Waals surface area contributed by atoms with Gasteiger partial charge in [-0.3, -0.25) is 4.79 Å². The molecule has 1 aromatic carbocycles. The third kappa shape index (κ3) is 4.29. The van der Waals surface area contributed by atoms with Crippen molar-refractivity contribution in [1.29, 1.82) is 0 Å². The van der Waals surface area contributed by atoms with Crippen LogP contribution in [0.25, 0.3) is 11.3 Å². The summed E-state index contributed by atoms with van der Waals surface area (Å²) in [7, 11) is 0. The number of nitrogens with one attached hydrogen (secondary N) is 1. The fourth-order valence-corrected chi connectivity index (χ4v) is 2.88. The van der Waals surface area contributed by atoms with Crippen LogP contribution in [0.5, 0.6) is 0 Å². The van der Waals surface area contributed by atoms with Crippen molar-refractivity contribution in [3.63, 3.8) is 0 Å². The molecule has 0 saturated carbocycles. The molecule has 3 rings (SSSR count). The maximum absolute atomic E-state index is 12.9. The quantitative estimate of drug-likeness (QED) is 0.647. The summed E-state index contributed by atoms with van der Waals surface area (Å²) in [5.41, 5.74) is 0.726. The van der Waals surface area contributed by atoms with Crippen molar-refractivity contribution < 1.29 is 18.0 Å². The van der Waals surface area contributed by atoms with E-state index in [1.165, 1.54) is 12.1 Å². The van der Waals surface area contributed by atoms with E-state index < -0.39 is 0 Å². The lowest BCUT2D eigenvalue weighted by Crippen LogP contribution is -2.25. The van der Waals surface area contributed by atoms with Gasteiger partial charge in [-0.2, -0.15) is 11.8 Å². The summed E-state index contributed by atoms with van der Waals surface area (Å²) in [5.74, 6) is 2.67. The molecule has 0 atom stereocenters. The van der Waals surface area contributed by atoms with Crippen LogP contribution in [-0.2, 0) is 5.75 Å². The molecule has 2 aromatic heterocycles. The molecule has 0 spiro atoms. The number of thioether (sulfide) groups is 1. The molecule has 0 bridgehead atoms. The maximum Gasteiger partial charge on any atom is 0.287 e. The molecular formula is C18H16FNO3S. The molecule has 0 aliphatic carbocycles. The zero-order valence-electron chi connectivity index (χ0n) is 12.8. The zero-order valence-corrected chi connectivity index (χ0v) is 13.6. The van der Waals surface area contributed by atoms with E-state index in [1.54, 1.807) is 42.3 Å². The first-order valence-electron chi connectivity index (χ1n) is 7.46. The normalized spacial score (nSPS) is 10.7. The second-order valence-electron chi connectivity index (χ2n) is 5.06. The molecule has 0 radical (unpaired) electrons. The van der Waals surface area contributed by atoms with Gasteiger partial charge in [0, 0.05) is 17.9 Å². The highest BCUT2D eigenvalue weighted by Crippen LogP contribution is 2.22. The molecular weight excluding hydrogens is 329 g/mol. The highest BCUT2D eigenvalue weighted by atomic mass is 32.2. The van der Waals surface area contributed by atoms with Gasteiger partial charge < -0.3 is 14.2 Å². The number of halogens is 1. The van der Waals surface area contributed by atoms with Crippen molar-refractivity contribution in [1.82, 2.24) is 5.32 Å². The lowest BCUT2D eigenvalue weighted by Gasteiger charge is -2.03. The van der Waals surface area contributed by atoms with Crippen LogP contribution in [0.1, 0.15) is 16.3 Å². The number of hydrogen-bond acceptors (Lipinski definition) is 4. The Morgan fingerprint density at radius 1 is 1.12 bits per heavy atom. The first-order valence-corrected chi connectivity index (χ1v) is 8.62. The lowest BCUT2D eigenvalue weighted by molar-refractivity contribution is 0.0929. The highest BCUT2D eigenvalue weighted by Gasteiger charge is 2.11. The summed E-state index contributed by atoms with van der Waals surface area (Å²) in [5, 5.41) is 2.81. The maximum atomic E-state index is 12.9. The summed E-state index contributed by atoms with van der Waals surface area (Å²) < 4.78 is 23.7. The second-order valence-corrected chi connectivity index (χ2v) is 6.16. The van der Waals surface area contributed by atoms with Crippen LogP contribution < -0.4 is 5.32 Å². The van der Waals surface area contributed by atoms with E-state index in [-0.39, 0.29) is 17.5 Å². The molecule has 4 nitrogen and oxygen atoms in total. The SMILES string of the molecule is O=C(NCCSCc1ccco1)c1ccc(-c2ccc(F)cc2)o1. The molecule has 24 heavy (non-hydrogen) atoms. The largest absolute Gasteiger partial charge is 0.468 e. The summed E-state index contributed by atoms with van der Waals surface area (Å²) in [6.45, 7) is 0.538. The monoisotopic (exact) mass is 345 g/mol. The van der Waals surface area contributed by atoms with Crippen LogP contribution in [0, 0.1) is 5.82 Å². The number of furan rings is 2. The van der Waals surface area contributed by atoms with Gasteiger partial charge in [0.15, 0.2) is 5.76 Å². The number of hydrogen-bond donors (Lipinski definition) is 1. The van der Waals surface area contributed by atoms with Gasteiger partial charge >= 0.3 is 0 Å². The Kier molecular flexibility index (Phi) is 5.38. The Morgan fingerprint density at radius 3 is 2.71 bits per heavy atom. The molecule has 2 heterocycles. The van der Waals surface area contributed by atoms with E-state index in [2.05, 4.69) is 5.32 Å². The van der Waals surface area contributed by atoms with E-state index >= 15 is 0 Å². The van der Waals surface area contributed by atoms with Crippen LogP contribution in [-0.4, -0.2) is 18.2 Å². The number of carbonyl (C=O) groups excluding carboxylic acids is 1. The van der Waals surface area contributed by atoms with E-state index in [9.17, 15) is 9.18 Å². The number of carbonyl (C=O) groups is 1. The number of benzene rings is 1. The second kappa shape index (κ2) is 7.88. The standard InChI is InChI=1S/C18H16FNO3S/c19-14-5-3-13(4-6-14)16-7-8-17(23-16)18(21)20-9-11-24-12-15-2-1-10-22-15/h1-8,10H,9,11-12H2,(H,20,21). The minimum atomic E-state index is -0.310. The van der Waals surface area contributed by atoms with Crippen LogP contribution in [0.2, 0.25) is 0 Å². The molecule has 0 aliphatic heterocycles. The average molecular weight is 345 g/mol. The number of amides is 1. The van der Waals surface area contributed by atoms with E-state index in [0.29, 0.717) is 12.3 Å². The first-order chi connectivity index (χ1) is 11.7. The van der Waals surface area contributed by atoms with E-state index in [4.69, 9.17) is 8.83 Å². The van der Waals surface area contributed by atoms with Crippen LogP contribution in [0.4, 0.5) is 4.39 Å². The van der Waals surface area contributed by atoms with Gasteiger partial charge in [0.25, 0.3) is 5.91 Å². The average Bonchev–Trinajstić information content (AvgIpc) is 3.27. The topological polar surface area (TPSA) is 55.4 Å². The van der Waals surface area contributed by atoms with Crippen molar-refractivity contribution >= 4 is 17.7 Å². The van der Waals surface area contributed by atoms with Gasteiger partial charge in [0.1, 0.15) is 17.3 Å². The summed E-state index contributed by atoms with van der Waals surface area (Å²) in [6.07, 6.45) is 1.65. The Bertz CT molecular complexity index is 781. The summed E-state index contributed by atoms with van der Waals surface area (Å²) >= 11 is 1.68. The van der Waals surface area contributed by atoms with Crippen molar-refractivity contribution in [2.45, 2.75) is 5.75 Å². The fourth-order valence-electron chi connectivity index (χ4n) is 2.12. The molecule has 0 unspecified atom stereocenters. The third-order valence-electron chi connectivity index (χ3n) is 3.31. The molecule has 6 heteroatoms. The predicted octanol–water partition coefficient (Wildman–Crippen LogP) is 4.34.